The highest BCUT2D eigenvalue weighted by Crippen LogP contribution is 2.22. The van der Waals surface area contributed by atoms with Crippen molar-refractivity contribution >= 4 is 21.8 Å². The Kier molecular flexibility index (Phi) is 4.88. The van der Waals surface area contributed by atoms with Crippen LogP contribution < -0.4 is 5.56 Å². The van der Waals surface area contributed by atoms with E-state index in [0.29, 0.717) is 35.9 Å². The standard InChI is InChI=1S/C17H17BrN6O3/c18-14-2-1-13(27-14)17(26)22-7-5-12(6-8-22)9-23-16(25)4-3-15(21-23)24-11-19-10-20-24/h1-4,10-12H,5-9H2. The van der Waals surface area contributed by atoms with Gasteiger partial charge in [-0.2, -0.15) is 5.10 Å². The minimum atomic E-state index is -0.155. The molecule has 1 amide bonds. The van der Waals surface area contributed by atoms with E-state index in [0.717, 1.165) is 12.8 Å². The van der Waals surface area contributed by atoms with E-state index in [1.54, 1.807) is 23.1 Å². The summed E-state index contributed by atoms with van der Waals surface area (Å²) in [4.78, 5) is 30.3. The van der Waals surface area contributed by atoms with Crippen molar-refractivity contribution in [3.63, 3.8) is 0 Å². The van der Waals surface area contributed by atoms with Crippen LogP contribution in [-0.4, -0.2) is 48.4 Å². The van der Waals surface area contributed by atoms with Crippen LogP contribution in [0.15, 0.2) is 50.8 Å². The van der Waals surface area contributed by atoms with Crippen LogP contribution >= 0.6 is 15.9 Å². The van der Waals surface area contributed by atoms with E-state index < -0.39 is 0 Å². The first-order valence-electron chi connectivity index (χ1n) is 8.58. The molecule has 0 radical (unpaired) electrons. The summed E-state index contributed by atoms with van der Waals surface area (Å²) < 4.78 is 8.86. The Balaban J connectivity index is 1.40. The fourth-order valence-corrected chi connectivity index (χ4v) is 3.47. The van der Waals surface area contributed by atoms with Gasteiger partial charge < -0.3 is 9.32 Å². The van der Waals surface area contributed by atoms with Crippen LogP contribution in [0.25, 0.3) is 5.82 Å². The number of carbonyl (C=O) groups is 1. The van der Waals surface area contributed by atoms with Gasteiger partial charge in [0, 0.05) is 25.7 Å². The van der Waals surface area contributed by atoms with Crippen LogP contribution in [0.5, 0.6) is 0 Å². The molecule has 4 heterocycles. The van der Waals surface area contributed by atoms with E-state index in [2.05, 4.69) is 31.1 Å². The molecule has 1 fully saturated rings. The molecule has 0 bridgehead atoms. The number of furan rings is 1. The molecule has 0 aromatic carbocycles. The lowest BCUT2D eigenvalue weighted by atomic mass is 9.96. The monoisotopic (exact) mass is 432 g/mol. The molecule has 9 nitrogen and oxygen atoms in total. The van der Waals surface area contributed by atoms with E-state index in [1.807, 2.05) is 0 Å². The first-order chi connectivity index (χ1) is 13.1. The summed E-state index contributed by atoms with van der Waals surface area (Å²) in [5.74, 6) is 1.04. The molecule has 0 N–H and O–H groups in total. The molecule has 4 rings (SSSR count). The summed E-state index contributed by atoms with van der Waals surface area (Å²) in [5.41, 5.74) is -0.155. The van der Waals surface area contributed by atoms with Crippen LogP contribution in [0.2, 0.25) is 0 Å². The van der Waals surface area contributed by atoms with Crippen LogP contribution in [0.3, 0.4) is 0 Å². The number of amides is 1. The van der Waals surface area contributed by atoms with E-state index in [9.17, 15) is 9.59 Å². The van der Waals surface area contributed by atoms with Gasteiger partial charge in [0.1, 0.15) is 12.7 Å². The molecule has 1 aliphatic heterocycles. The van der Waals surface area contributed by atoms with Gasteiger partial charge in [-0.05, 0) is 52.9 Å². The normalized spacial score (nSPS) is 15.2. The number of hydrogen-bond donors (Lipinski definition) is 0. The summed E-state index contributed by atoms with van der Waals surface area (Å²) in [6.07, 6.45) is 4.56. The number of rotatable bonds is 4. The van der Waals surface area contributed by atoms with Crippen molar-refractivity contribution in [1.29, 1.82) is 0 Å². The Bertz CT molecular complexity index is 988. The number of likely N-dealkylation sites (tertiary alicyclic amines) is 1. The lowest BCUT2D eigenvalue weighted by Gasteiger charge is -2.31. The number of nitrogens with zero attached hydrogens (tertiary/aromatic N) is 6. The Hall–Kier alpha value is -2.75. The molecule has 27 heavy (non-hydrogen) atoms. The van der Waals surface area contributed by atoms with Gasteiger partial charge in [0.05, 0.1) is 0 Å². The van der Waals surface area contributed by atoms with E-state index in [-0.39, 0.29) is 17.4 Å². The van der Waals surface area contributed by atoms with Crippen LogP contribution in [0, 0.1) is 5.92 Å². The van der Waals surface area contributed by atoms with Crippen molar-refractivity contribution in [3.8, 4) is 5.82 Å². The maximum Gasteiger partial charge on any atom is 0.289 e. The molecule has 0 atom stereocenters. The summed E-state index contributed by atoms with van der Waals surface area (Å²) >= 11 is 3.21. The molecule has 3 aromatic heterocycles. The average Bonchev–Trinajstić information content (AvgIpc) is 3.35. The van der Waals surface area contributed by atoms with Crippen molar-refractivity contribution < 1.29 is 9.21 Å². The molecule has 0 unspecified atom stereocenters. The molecular weight excluding hydrogens is 416 g/mol. The quantitative estimate of drug-likeness (QED) is 0.622. The molecule has 10 heteroatoms. The number of aromatic nitrogens is 5. The zero-order valence-corrected chi connectivity index (χ0v) is 15.9. The molecular formula is C17H17BrN6O3. The molecule has 0 aliphatic carbocycles. The summed E-state index contributed by atoms with van der Waals surface area (Å²) in [7, 11) is 0. The lowest BCUT2D eigenvalue weighted by Crippen LogP contribution is -2.40. The van der Waals surface area contributed by atoms with Crippen LogP contribution in [0.4, 0.5) is 0 Å². The topological polar surface area (TPSA) is 99.1 Å². The minimum Gasteiger partial charge on any atom is -0.444 e. The first-order valence-corrected chi connectivity index (χ1v) is 9.37. The van der Waals surface area contributed by atoms with Crippen molar-refractivity contribution in [3.05, 3.63) is 57.7 Å². The Morgan fingerprint density at radius 3 is 2.70 bits per heavy atom. The molecule has 0 spiro atoms. The Labute approximate surface area is 162 Å². The predicted molar refractivity (Wildman–Crippen MR) is 98.4 cm³/mol. The zero-order valence-electron chi connectivity index (χ0n) is 14.4. The van der Waals surface area contributed by atoms with Crippen molar-refractivity contribution in [1.82, 2.24) is 29.4 Å². The number of piperidine rings is 1. The second-order valence-electron chi connectivity index (χ2n) is 6.39. The van der Waals surface area contributed by atoms with Gasteiger partial charge >= 0.3 is 0 Å². The molecule has 3 aromatic rings. The SMILES string of the molecule is O=C(c1ccc(Br)o1)N1CCC(Cn2nc(-n3cncn3)ccc2=O)CC1. The summed E-state index contributed by atoms with van der Waals surface area (Å²) in [6.45, 7) is 1.76. The Morgan fingerprint density at radius 1 is 1.22 bits per heavy atom. The van der Waals surface area contributed by atoms with Gasteiger partial charge in [0.25, 0.3) is 11.5 Å². The van der Waals surface area contributed by atoms with Crippen molar-refractivity contribution in [2.45, 2.75) is 19.4 Å². The smallest absolute Gasteiger partial charge is 0.289 e. The third-order valence-corrected chi connectivity index (χ3v) is 5.05. The number of hydrogen-bond acceptors (Lipinski definition) is 6. The van der Waals surface area contributed by atoms with E-state index in [1.165, 1.54) is 28.1 Å². The molecule has 0 saturated carbocycles. The summed E-state index contributed by atoms with van der Waals surface area (Å²) in [6, 6.07) is 6.48. The van der Waals surface area contributed by atoms with Gasteiger partial charge in [-0.1, -0.05) is 0 Å². The predicted octanol–water partition coefficient (Wildman–Crippen LogP) is 1.73. The second-order valence-corrected chi connectivity index (χ2v) is 7.17. The van der Waals surface area contributed by atoms with Crippen LogP contribution in [-0.2, 0) is 6.54 Å². The van der Waals surface area contributed by atoms with Gasteiger partial charge in [0.15, 0.2) is 16.2 Å². The maximum atomic E-state index is 12.4. The molecule has 1 saturated heterocycles. The van der Waals surface area contributed by atoms with Gasteiger partial charge in [-0.15, -0.1) is 5.10 Å². The third kappa shape index (κ3) is 3.85. The molecule has 1 aliphatic rings. The van der Waals surface area contributed by atoms with Gasteiger partial charge in [0.2, 0.25) is 0 Å². The van der Waals surface area contributed by atoms with Crippen LogP contribution in [0.1, 0.15) is 23.4 Å². The average molecular weight is 433 g/mol. The zero-order chi connectivity index (χ0) is 18.8. The molecule has 140 valence electrons. The lowest BCUT2D eigenvalue weighted by molar-refractivity contribution is 0.0647. The first kappa shape index (κ1) is 17.7. The van der Waals surface area contributed by atoms with Gasteiger partial charge in [-0.3, -0.25) is 9.59 Å². The minimum absolute atomic E-state index is 0.109. The van der Waals surface area contributed by atoms with E-state index >= 15 is 0 Å². The largest absolute Gasteiger partial charge is 0.444 e. The number of carbonyl (C=O) groups excluding carboxylic acids is 1. The van der Waals surface area contributed by atoms with Crippen molar-refractivity contribution in [2.75, 3.05) is 13.1 Å². The highest BCUT2D eigenvalue weighted by Gasteiger charge is 2.26. The van der Waals surface area contributed by atoms with Gasteiger partial charge in [-0.25, -0.2) is 14.3 Å². The van der Waals surface area contributed by atoms with E-state index in [4.69, 9.17) is 4.42 Å². The fraction of sp³-hybridized carbons (Fsp3) is 0.353. The Morgan fingerprint density at radius 2 is 2.04 bits per heavy atom. The summed E-state index contributed by atoms with van der Waals surface area (Å²) in [5, 5.41) is 8.41. The van der Waals surface area contributed by atoms with Crippen molar-refractivity contribution in [2.24, 2.45) is 5.92 Å². The second kappa shape index (κ2) is 7.47. The third-order valence-electron chi connectivity index (χ3n) is 4.62. The fourth-order valence-electron chi connectivity index (χ4n) is 3.17. The highest BCUT2D eigenvalue weighted by atomic mass is 79.9. The highest BCUT2D eigenvalue weighted by molar-refractivity contribution is 9.10. The maximum absolute atomic E-state index is 12.4. The number of halogens is 1.